The molecule has 2 rings (SSSR count). The van der Waals surface area contributed by atoms with Crippen LogP contribution in [0.2, 0.25) is 0 Å². The second kappa shape index (κ2) is 5.06. The van der Waals surface area contributed by atoms with Gasteiger partial charge in [0.25, 0.3) is 0 Å². The summed E-state index contributed by atoms with van der Waals surface area (Å²) in [4.78, 5) is 16.1. The van der Waals surface area contributed by atoms with Crippen molar-refractivity contribution in [2.45, 2.75) is 45.3 Å². The summed E-state index contributed by atoms with van der Waals surface area (Å²) in [7, 11) is 0. The quantitative estimate of drug-likeness (QED) is 0.817. The number of aromatic nitrogens is 1. The molecule has 1 unspecified atom stereocenters. The fourth-order valence-corrected chi connectivity index (χ4v) is 2.07. The zero-order valence-corrected chi connectivity index (χ0v) is 11.2. The Kier molecular flexibility index (Phi) is 3.66. The minimum absolute atomic E-state index is 0.310. The molecule has 1 fully saturated rings. The van der Waals surface area contributed by atoms with Crippen LogP contribution < -0.4 is 5.32 Å². The predicted octanol–water partition coefficient (Wildman–Crippen LogP) is 2.46. The van der Waals surface area contributed by atoms with E-state index in [0.29, 0.717) is 11.6 Å². The summed E-state index contributed by atoms with van der Waals surface area (Å²) in [5.41, 5.74) is 1.12. The van der Waals surface area contributed by atoms with Crippen molar-refractivity contribution in [1.82, 2.24) is 10.3 Å². The van der Waals surface area contributed by atoms with Gasteiger partial charge in [0, 0.05) is 18.4 Å². The second-order valence-electron chi connectivity index (χ2n) is 5.66. The Balaban J connectivity index is 2.14. The van der Waals surface area contributed by atoms with Crippen molar-refractivity contribution in [3.8, 4) is 0 Å². The zero-order chi connectivity index (χ0) is 13.2. The highest BCUT2D eigenvalue weighted by atomic mass is 16.6. The highest BCUT2D eigenvalue weighted by Crippen LogP contribution is 2.23. The number of carbonyl (C=O) groups excluding carboxylic acids is 1. The van der Waals surface area contributed by atoms with E-state index < -0.39 is 5.60 Å². The van der Waals surface area contributed by atoms with E-state index in [1.165, 1.54) is 6.42 Å². The fourth-order valence-electron chi connectivity index (χ4n) is 2.07. The molecule has 0 radical (unpaired) electrons. The molecule has 4 nitrogen and oxygen atoms in total. The topological polar surface area (TPSA) is 51.2 Å². The Morgan fingerprint density at radius 2 is 2.22 bits per heavy atom. The standard InChI is InChI=1S/C14H20N2O2/c1-14(2,3)18-13(17)11-7-10(8-15-9-11)12-5-4-6-16-12/h7-9,12,16H,4-6H2,1-3H3. The molecule has 0 spiro atoms. The van der Waals surface area contributed by atoms with Crippen molar-refractivity contribution in [3.05, 3.63) is 29.6 Å². The molecule has 4 heteroatoms. The van der Waals surface area contributed by atoms with E-state index in [4.69, 9.17) is 4.74 Å². The molecular weight excluding hydrogens is 228 g/mol. The summed E-state index contributed by atoms with van der Waals surface area (Å²) in [6.07, 6.45) is 5.64. The van der Waals surface area contributed by atoms with Gasteiger partial charge in [-0.2, -0.15) is 0 Å². The van der Waals surface area contributed by atoms with Crippen LogP contribution in [-0.4, -0.2) is 23.1 Å². The van der Waals surface area contributed by atoms with E-state index in [0.717, 1.165) is 18.5 Å². The van der Waals surface area contributed by atoms with Gasteiger partial charge in [-0.1, -0.05) is 0 Å². The molecule has 0 amide bonds. The van der Waals surface area contributed by atoms with E-state index in [9.17, 15) is 4.79 Å². The number of carbonyl (C=O) groups is 1. The number of hydrogen-bond donors (Lipinski definition) is 1. The van der Waals surface area contributed by atoms with Gasteiger partial charge < -0.3 is 10.1 Å². The molecule has 18 heavy (non-hydrogen) atoms. The highest BCUT2D eigenvalue weighted by Gasteiger charge is 2.21. The number of nitrogens with one attached hydrogen (secondary N) is 1. The Labute approximate surface area is 108 Å². The van der Waals surface area contributed by atoms with Crippen molar-refractivity contribution in [2.24, 2.45) is 0 Å². The minimum Gasteiger partial charge on any atom is -0.456 e. The van der Waals surface area contributed by atoms with Crippen LogP contribution in [0.3, 0.4) is 0 Å². The van der Waals surface area contributed by atoms with Crippen LogP contribution in [0.4, 0.5) is 0 Å². The molecular formula is C14H20N2O2. The van der Waals surface area contributed by atoms with Crippen LogP contribution in [0.15, 0.2) is 18.5 Å². The third kappa shape index (κ3) is 3.29. The Morgan fingerprint density at radius 1 is 1.44 bits per heavy atom. The normalized spacial score (nSPS) is 19.8. The van der Waals surface area contributed by atoms with Gasteiger partial charge in [-0.3, -0.25) is 4.98 Å². The van der Waals surface area contributed by atoms with E-state index in [-0.39, 0.29) is 5.97 Å². The Morgan fingerprint density at radius 3 is 2.83 bits per heavy atom. The number of pyridine rings is 1. The molecule has 1 N–H and O–H groups in total. The summed E-state index contributed by atoms with van der Waals surface area (Å²) in [6, 6.07) is 2.20. The maximum absolute atomic E-state index is 11.9. The van der Waals surface area contributed by atoms with Crippen LogP contribution in [-0.2, 0) is 4.74 Å². The fraction of sp³-hybridized carbons (Fsp3) is 0.571. The number of hydrogen-bond acceptors (Lipinski definition) is 4. The Bertz CT molecular complexity index is 432. The first-order valence-corrected chi connectivity index (χ1v) is 6.37. The number of nitrogens with zero attached hydrogens (tertiary/aromatic N) is 1. The van der Waals surface area contributed by atoms with Crippen molar-refractivity contribution < 1.29 is 9.53 Å². The van der Waals surface area contributed by atoms with Gasteiger partial charge in [-0.05, 0) is 51.8 Å². The van der Waals surface area contributed by atoms with Gasteiger partial charge in [-0.15, -0.1) is 0 Å². The maximum atomic E-state index is 11.9. The monoisotopic (exact) mass is 248 g/mol. The number of rotatable bonds is 2. The minimum atomic E-state index is -0.474. The summed E-state index contributed by atoms with van der Waals surface area (Å²) < 4.78 is 5.34. The molecule has 1 aromatic rings. The molecule has 0 saturated carbocycles. The molecule has 1 saturated heterocycles. The van der Waals surface area contributed by atoms with Crippen LogP contribution in [0, 0.1) is 0 Å². The molecule has 2 heterocycles. The molecule has 1 aliphatic heterocycles. The molecule has 0 aliphatic carbocycles. The van der Waals surface area contributed by atoms with Gasteiger partial charge in [0.2, 0.25) is 0 Å². The van der Waals surface area contributed by atoms with Gasteiger partial charge >= 0.3 is 5.97 Å². The lowest BCUT2D eigenvalue weighted by atomic mass is 10.1. The smallest absolute Gasteiger partial charge is 0.340 e. The van der Waals surface area contributed by atoms with Gasteiger partial charge in [0.15, 0.2) is 0 Å². The third-order valence-electron chi connectivity index (χ3n) is 2.86. The average Bonchev–Trinajstić information content (AvgIpc) is 2.80. The summed E-state index contributed by atoms with van der Waals surface area (Å²) in [5.74, 6) is -0.310. The van der Waals surface area contributed by atoms with Gasteiger partial charge in [0.05, 0.1) is 5.56 Å². The van der Waals surface area contributed by atoms with Crippen LogP contribution in [0.25, 0.3) is 0 Å². The van der Waals surface area contributed by atoms with Crippen LogP contribution in [0.5, 0.6) is 0 Å². The summed E-state index contributed by atoms with van der Waals surface area (Å²) >= 11 is 0. The first kappa shape index (κ1) is 13.0. The van der Waals surface area contributed by atoms with Crippen molar-refractivity contribution >= 4 is 5.97 Å². The van der Waals surface area contributed by atoms with Crippen LogP contribution in [0.1, 0.15) is 55.6 Å². The molecule has 1 atom stereocenters. The average molecular weight is 248 g/mol. The highest BCUT2D eigenvalue weighted by molar-refractivity contribution is 5.89. The van der Waals surface area contributed by atoms with Gasteiger partial charge in [0.1, 0.15) is 5.60 Å². The first-order chi connectivity index (χ1) is 8.46. The first-order valence-electron chi connectivity index (χ1n) is 6.37. The lowest BCUT2D eigenvalue weighted by Crippen LogP contribution is -2.24. The second-order valence-corrected chi connectivity index (χ2v) is 5.66. The van der Waals surface area contributed by atoms with E-state index in [1.807, 2.05) is 33.0 Å². The molecule has 1 aliphatic rings. The lowest BCUT2D eigenvalue weighted by molar-refractivity contribution is 0.00689. The number of ether oxygens (including phenoxy) is 1. The SMILES string of the molecule is CC(C)(C)OC(=O)c1cncc(C2CCCN2)c1. The third-order valence-corrected chi connectivity index (χ3v) is 2.86. The largest absolute Gasteiger partial charge is 0.456 e. The molecule has 0 aromatic carbocycles. The molecule has 0 bridgehead atoms. The van der Waals surface area contributed by atoms with E-state index in [2.05, 4.69) is 10.3 Å². The van der Waals surface area contributed by atoms with Crippen molar-refractivity contribution in [2.75, 3.05) is 6.54 Å². The van der Waals surface area contributed by atoms with E-state index >= 15 is 0 Å². The molecule has 1 aromatic heterocycles. The zero-order valence-electron chi connectivity index (χ0n) is 11.2. The summed E-state index contributed by atoms with van der Waals surface area (Å²) in [6.45, 7) is 6.61. The predicted molar refractivity (Wildman–Crippen MR) is 69.4 cm³/mol. The van der Waals surface area contributed by atoms with Crippen molar-refractivity contribution in [1.29, 1.82) is 0 Å². The molecule has 98 valence electrons. The summed E-state index contributed by atoms with van der Waals surface area (Å²) in [5, 5.41) is 3.40. The van der Waals surface area contributed by atoms with Gasteiger partial charge in [-0.25, -0.2) is 4.79 Å². The van der Waals surface area contributed by atoms with Crippen LogP contribution >= 0.6 is 0 Å². The number of esters is 1. The van der Waals surface area contributed by atoms with E-state index in [1.54, 1.807) is 6.20 Å². The lowest BCUT2D eigenvalue weighted by Gasteiger charge is -2.19. The Hall–Kier alpha value is -1.42. The maximum Gasteiger partial charge on any atom is 0.340 e. The van der Waals surface area contributed by atoms with Crippen molar-refractivity contribution in [3.63, 3.8) is 0 Å².